The molecule has 1 aliphatic rings. The van der Waals surface area contributed by atoms with E-state index in [0.717, 1.165) is 10.2 Å². The van der Waals surface area contributed by atoms with Crippen molar-refractivity contribution in [2.75, 3.05) is 23.8 Å². The number of hydrogen-bond acceptors (Lipinski definition) is 4. The molecular weight excluding hydrogens is 286 g/mol. The van der Waals surface area contributed by atoms with Gasteiger partial charge in [-0.25, -0.2) is 4.98 Å². The second kappa shape index (κ2) is 4.62. The van der Waals surface area contributed by atoms with Gasteiger partial charge in [-0.15, -0.1) is 0 Å². The second-order valence-electron chi connectivity index (χ2n) is 4.22. The molecule has 6 heteroatoms. The van der Waals surface area contributed by atoms with Crippen LogP contribution in [-0.2, 0) is 4.79 Å². The van der Waals surface area contributed by atoms with Crippen LogP contribution in [0.5, 0.6) is 0 Å². The summed E-state index contributed by atoms with van der Waals surface area (Å²) >= 11 is 3.37. The van der Waals surface area contributed by atoms with E-state index in [1.165, 1.54) is 0 Å². The number of hydrogen-bond donors (Lipinski definition) is 2. The van der Waals surface area contributed by atoms with E-state index in [2.05, 4.69) is 20.9 Å². The zero-order chi connectivity index (χ0) is 12.6. The predicted molar refractivity (Wildman–Crippen MR) is 68.6 cm³/mol. The van der Waals surface area contributed by atoms with E-state index in [4.69, 9.17) is 10.8 Å². The molecule has 1 aromatic rings. The third-order valence-electron chi connectivity index (χ3n) is 2.91. The Morgan fingerprint density at radius 1 is 1.71 bits per heavy atom. The van der Waals surface area contributed by atoms with Gasteiger partial charge in [-0.05, 0) is 28.9 Å². The first kappa shape index (κ1) is 12.3. The molecule has 2 rings (SSSR count). The van der Waals surface area contributed by atoms with Crippen LogP contribution in [0.1, 0.15) is 12.1 Å². The van der Waals surface area contributed by atoms with Gasteiger partial charge in [0, 0.05) is 30.0 Å². The average molecular weight is 300 g/mol. The monoisotopic (exact) mass is 299 g/mol. The Balaban J connectivity index is 2.35. The van der Waals surface area contributed by atoms with Crippen molar-refractivity contribution >= 4 is 33.3 Å². The normalized spacial score (nSPS) is 20.1. The lowest BCUT2D eigenvalue weighted by Gasteiger charge is -2.18. The van der Waals surface area contributed by atoms with Gasteiger partial charge >= 0.3 is 0 Å². The van der Waals surface area contributed by atoms with E-state index in [-0.39, 0.29) is 18.4 Å². The first-order valence-electron chi connectivity index (χ1n) is 5.36. The van der Waals surface area contributed by atoms with Crippen molar-refractivity contribution in [3.8, 4) is 0 Å². The SMILES string of the molecule is Cc1nc(N)c(N2CC(CO)CC2=O)cc1Br. The number of nitrogens with two attached hydrogens (primary N) is 1. The molecule has 0 radical (unpaired) electrons. The summed E-state index contributed by atoms with van der Waals surface area (Å²) in [5.41, 5.74) is 7.23. The first-order valence-corrected chi connectivity index (χ1v) is 6.16. The summed E-state index contributed by atoms with van der Waals surface area (Å²) in [6, 6.07) is 1.80. The fraction of sp³-hybridized carbons (Fsp3) is 0.455. The topological polar surface area (TPSA) is 79.4 Å². The smallest absolute Gasteiger partial charge is 0.227 e. The molecule has 1 amide bonds. The van der Waals surface area contributed by atoms with Crippen molar-refractivity contribution in [2.24, 2.45) is 5.92 Å². The van der Waals surface area contributed by atoms with E-state index in [1.807, 2.05) is 6.92 Å². The number of carbonyl (C=O) groups is 1. The zero-order valence-corrected chi connectivity index (χ0v) is 11.1. The molecule has 0 aliphatic carbocycles. The van der Waals surface area contributed by atoms with Gasteiger partial charge in [0.25, 0.3) is 0 Å². The lowest BCUT2D eigenvalue weighted by molar-refractivity contribution is -0.117. The Kier molecular flexibility index (Phi) is 3.35. The number of nitrogen functional groups attached to an aromatic ring is 1. The number of rotatable bonds is 2. The largest absolute Gasteiger partial charge is 0.396 e. The highest BCUT2D eigenvalue weighted by Crippen LogP contribution is 2.31. The van der Waals surface area contributed by atoms with Crippen molar-refractivity contribution < 1.29 is 9.90 Å². The van der Waals surface area contributed by atoms with Crippen LogP contribution in [0.2, 0.25) is 0 Å². The number of halogens is 1. The Bertz CT molecular complexity index is 464. The van der Waals surface area contributed by atoms with E-state index < -0.39 is 0 Å². The molecule has 17 heavy (non-hydrogen) atoms. The standard InChI is InChI=1S/C11H14BrN3O2/c1-6-8(12)3-9(11(13)14-6)15-4-7(5-16)2-10(15)17/h3,7,16H,2,4-5H2,1H3,(H2,13,14). The number of pyridine rings is 1. The van der Waals surface area contributed by atoms with Gasteiger partial charge in [-0.2, -0.15) is 0 Å². The minimum Gasteiger partial charge on any atom is -0.396 e. The number of aryl methyl sites for hydroxylation is 1. The van der Waals surface area contributed by atoms with Crippen LogP contribution >= 0.6 is 15.9 Å². The predicted octanol–water partition coefficient (Wildman–Crippen LogP) is 1.08. The van der Waals surface area contributed by atoms with Gasteiger partial charge in [0.05, 0.1) is 11.4 Å². The Morgan fingerprint density at radius 2 is 2.41 bits per heavy atom. The van der Waals surface area contributed by atoms with Gasteiger partial charge in [0.1, 0.15) is 5.82 Å². The Labute approximate surface area is 108 Å². The van der Waals surface area contributed by atoms with E-state index in [1.54, 1.807) is 11.0 Å². The third kappa shape index (κ3) is 2.28. The highest BCUT2D eigenvalue weighted by atomic mass is 79.9. The summed E-state index contributed by atoms with van der Waals surface area (Å²) in [7, 11) is 0. The number of aliphatic hydroxyl groups is 1. The highest BCUT2D eigenvalue weighted by Gasteiger charge is 2.31. The molecule has 3 N–H and O–H groups in total. The van der Waals surface area contributed by atoms with Crippen LogP contribution in [0.25, 0.3) is 0 Å². The number of anilines is 2. The first-order chi connectivity index (χ1) is 8.02. The lowest BCUT2D eigenvalue weighted by Crippen LogP contribution is -2.26. The van der Waals surface area contributed by atoms with Crippen molar-refractivity contribution in [3.63, 3.8) is 0 Å². The summed E-state index contributed by atoms with van der Waals surface area (Å²) < 4.78 is 0.821. The van der Waals surface area contributed by atoms with Gasteiger partial charge in [-0.3, -0.25) is 4.79 Å². The van der Waals surface area contributed by atoms with Crippen molar-refractivity contribution in [1.82, 2.24) is 4.98 Å². The summed E-state index contributed by atoms with van der Waals surface area (Å²) in [6.07, 6.45) is 0.363. The Hall–Kier alpha value is -1.14. The molecule has 0 saturated carbocycles. The van der Waals surface area contributed by atoms with Gasteiger partial charge in [-0.1, -0.05) is 0 Å². The number of aliphatic hydroxyl groups excluding tert-OH is 1. The van der Waals surface area contributed by atoms with Gasteiger partial charge < -0.3 is 15.7 Å². The van der Waals surface area contributed by atoms with Crippen LogP contribution in [0.3, 0.4) is 0 Å². The number of nitrogens with zero attached hydrogens (tertiary/aromatic N) is 2. The summed E-state index contributed by atoms with van der Waals surface area (Å²) in [5.74, 6) is 0.313. The molecular formula is C11H14BrN3O2. The molecule has 0 spiro atoms. The summed E-state index contributed by atoms with van der Waals surface area (Å²) in [6.45, 7) is 2.35. The summed E-state index contributed by atoms with van der Waals surface area (Å²) in [4.78, 5) is 17.6. The molecule has 0 bridgehead atoms. The highest BCUT2D eigenvalue weighted by molar-refractivity contribution is 9.10. The molecule has 1 unspecified atom stereocenters. The number of amides is 1. The lowest BCUT2D eigenvalue weighted by atomic mass is 10.1. The molecule has 1 fully saturated rings. The van der Waals surface area contributed by atoms with Crippen molar-refractivity contribution in [3.05, 3.63) is 16.2 Å². The van der Waals surface area contributed by atoms with Crippen molar-refractivity contribution in [1.29, 1.82) is 0 Å². The average Bonchev–Trinajstić information content (AvgIpc) is 2.65. The molecule has 1 saturated heterocycles. The van der Waals surface area contributed by atoms with E-state index in [9.17, 15) is 4.79 Å². The summed E-state index contributed by atoms with van der Waals surface area (Å²) in [5, 5.41) is 9.08. The minimum atomic E-state index is -0.0201. The molecule has 1 aromatic heterocycles. The maximum absolute atomic E-state index is 11.8. The zero-order valence-electron chi connectivity index (χ0n) is 9.48. The molecule has 1 atom stereocenters. The molecule has 5 nitrogen and oxygen atoms in total. The van der Waals surface area contributed by atoms with E-state index >= 15 is 0 Å². The third-order valence-corrected chi connectivity index (χ3v) is 3.72. The molecule has 2 heterocycles. The maximum atomic E-state index is 11.8. The maximum Gasteiger partial charge on any atom is 0.227 e. The fourth-order valence-electron chi connectivity index (χ4n) is 1.94. The minimum absolute atomic E-state index is 0.0121. The van der Waals surface area contributed by atoms with Gasteiger partial charge in [0.2, 0.25) is 5.91 Å². The van der Waals surface area contributed by atoms with Crippen LogP contribution in [0.4, 0.5) is 11.5 Å². The van der Waals surface area contributed by atoms with Crippen LogP contribution in [-0.4, -0.2) is 29.1 Å². The number of aromatic nitrogens is 1. The molecule has 0 aromatic carbocycles. The van der Waals surface area contributed by atoms with E-state index in [0.29, 0.717) is 24.5 Å². The van der Waals surface area contributed by atoms with Gasteiger partial charge in [0.15, 0.2) is 0 Å². The van der Waals surface area contributed by atoms with Crippen LogP contribution in [0, 0.1) is 12.8 Å². The quantitative estimate of drug-likeness (QED) is 0.856. The van der Waals surface area contributed by atoms with Crippen LogP contribution in [0.15, 0.2) is 10.5 Å². The second-order valence-corrected chi connectivity index (χ2v) is 5.07. The van der Waals surface area contributed by atoms with Crippen LogP contribution < -0.4 is 10.6 Å². The molecule has 1 aliphatic heterocycles. The fourth-order valence-corrected chi connectivity index (χ4v) is 2.25. The number of carbonyl (C=O) groups excluding carboxylic acids is 1. The van der Waals surface area contributed by atoms with Crippen molar-refractivity contribution in [2.45, 2.75) is 13.3 Å². The molecule has 92 valence electrons. The Morgan fingerprint density at radius 3 is 3.00 bits per heavy atom.